The summed E-state index contributed by atoms with van der Waals surface area (Å²) >= 11 is 0. The van der Waals surface area contributed by atoms with Crippen molar-refractivity contribution >= 4 is 17.5 Å². The third-order valence-electron chi connectivity index (χ3n) is 7.89. The molecule has 218 valence electrons. The Labute approximate surface area is 237 Å². The fourth-order valence-corrected chi connectivity index (χ4v) is 5.55. The summed E-state index contributed by atoms with van der Waals surface area (Å²) in [6.45, 7) is 1.75. The fourth-order valence-electron chi connectivity index (χ4n) is 5.55. The summed E-state index contributed by atoms with van der Waals surface area (Å²) in [7, 11) is 1.41. The first-order valence-electron chi connectivity index (χ1n) is 14.0. The Morgan fingerprint density at radius 3 is 2.29 bits per heavy atom. The van der Waals surface area contributed by atoms with E-state index in [2.05, 4.69) is 5.10 Å². The highest BCUT2D eigenvalue weighted by atomic mass is 19.4. The highest BCUT2D eigenvalue weighted by molar-refractivity contribution is 5.97. The van der Waals surface area contributed by atoms with Crippen molar-refractivity contribution in [3.05, 3.63) is 82.7 Å². The molecule has 0 bridgehead atoms. The van der Waals surface area contributed by atoms with E-state index in [9.17, 15) is 27.6 Å². The number of hydrogen-bond donors (Lipinski definition) is 0. The molecule has 9 heteroatoms. The molecule has 1 saturated carbocycles. The Balaban J connectivity index is 1.28. The van der Waals surface area contributed by atoms with Crippen LogP contribution in [0.4, 0.5) is 13.2 Å². The first-order valence-corrected chi connectivity index (χ1v) is 14.0. The van der Waals surface area contributed by atoms with Gasteiger partial charge in [0.05, 0.1) is 18.4 Å². The quantitative estimate of drug-likeness (QED) is 0.181. The standard InChI is InChI=1S/C32H35F3N2O4/c1-21-6-3-4-8-28(21)37-20-27(31(36-37)32(33,34)35)29(39)9-5-7-26(38)18-22-10-14-24(15-11-22)25-16-12-23(13-17-25)19-30(40)41-2/h3-4,6,8,10-11,14-15,20,23,25H,5,7,9,12-13,16-19H2,1-2H3. The summed E-state index contributed by atoms with van der Waals surface area (Å²) in [5.74, 6) is -0.119. The summed E-state index contributed by atoms with van der Waals surface area (Å²) in [5.41, 5.74) is 1.57. The highest BCUT2D eigenvalue weighted by Gasteiger charge is 2.39. The number of esters is 1. The number of nitrogens with zero attached hydrogens (tertiary/aromatic N) is 2. The molecule has 0 amide bonds. The van der Waals surface area contributed by atoms with Gasteiger partial charge in [-0.3, -0.25) is 14.4 Å². The van der Waals surface area contributed by atoms with E-state index in [0.29, 0.717) is 23.9 Å². The molecule has 0 unspecified atom stereocenters. The molecule has 3 aromatic rings. The van der Waals surface area contributed by atoms with Crippen molar-refractivity contribution in [2.45, 2.75) is 76.8 Å². The van der Waals surface area contributed by atoms with Crippen LogP contribution >= 0.6 is 0 Å². The average Bonchev–Trinajstić information content (AvgIpc) is 3.40. The fraction of sp³-hybridized carbons (Fsp3) is 0.438. The van der Waals surface area contributed by atoms with Crippen molar-refractivity contribution < 1.29 is 32.3 Å². The van der Waals surface area contributed by atoms with Crippen molar-refractivity contribution in [2.75, 3.05) is 7.11 Å². The molecular weight excluding hydrogens is 533 g/mol. The van der Waals surface area contributed by atoms with Gasteiger partial charge < -0.3 is 4.74 Å². The lowest BCUT2D eigenvalue weighted by Gasteiger charge is -2.28. The minimum absolute atomic E-state index is 0.0690. The summed E-state index contributed by atoms with van der Waals surface area (Å²) in [6.07, 6.45) is 1.10. The van der Waals surface area contributed by atoms with Gasteiger partial charge in [0.15, 0.2) is 11.5 Å². The van der Waals surface area contributed by atoms with Crippen molar-refractivity contribution in [3.8, 4) is 5.69 Å². The van der Waals surface area contributed by atoms with Gasteiger partial charge in [-0.1, -0.05) is 42.5 Å². The second-order valence-electron chi connectivity index (χ2n) is 10.9. The average molecular weight is 569 g/mol. The van der Waals surface area contributed by atoms with Crippen LogP contribution in [0, 0.1) is 12.8 Å². The van der Waals surface area contributed by atoms with Gasteiger partial charge in [-0.05, 0) is 73.6 Å². The van der Waals surface area contributed by atoms with E-state index in [0.717, 1.165) is 47.7 Å². The predicted octanol–water partition coefficient (Wildman–Crippen LogP) is 7.20. The minimum atomic E-state index is -4.77. The number of methoxy groups -OCH3 is 1. The molecule has 4 rings (SSSR count). The van der Waals surface area contributed by atoms with Crippen molar-refractivity contribution in [1.82, 2.24) is 9.78 Å². The zero-order valence-corrected chi connectivity index (χ0v) is 23.4. The maximum atomic E-state index is 13.7. The van der Waals surface area contributed by atoms with Crippen molar-refractivity contribution in [3.63, 3.8) is 0 Å². The molecular formula is C32H35F3N2O4. The summed E-state index contributed by atoms with van der Waals surface area (Å²) < 4.78 is 46.8. The van der Waals surface area contributed by atoms with E-state index in [1.54, 1.807) is 31.2 Å². The van der Waals surface area contributed by atoms with Gasteiger partial charge in [-0.25, -0.2) is 4.68 Å². The van der Waals surface area contributed by atoms with Gasteiger partial charge in [0, 0.05) is 31.9 Å². The van der Waals surface area contributed by atoms with Crippen LogP contribution < -0.4 is 0 Å². The normalized spacial score (nSPS) is 17.3. The number of carbonyl (C=O) groups excluding carboxylic acids is 3. The molecule has 41 heavy (non-hydrogen) atoms. The lowest BCUT2D eigenvalue weighted by molar-refractivity contribution is -0.142. The number of para-hydroxylation sites is 1. The first kappa shape index (κ1) is 30.2. The molecule has 0 radical (unpaired) electrons. The number of benzene rings is 2. The third-order valence-corrected chi connectivity index (χ3v) is 7.89. The molecule has 1 heterocycles. The molecule has 0 aliphatic heterocycles. The van der Waals surface area contributed by atoms with E-state index in [4.69, 9.17) is 4.74 Å². The van der Waals surface area contributed by atoms with Crippen molar-refractivity contribution in [2.24, 2.45) is 5.92 Å². The molecule has 1 aliphatic rings. The zero-order valence-electron chi connectivity index (χ0n) is 23.4. The number of carbonyl (C=O) groups is 3. The van der Waals surface area contributed by atoms with Crippen molar-refractivity contribution in [1.29, 1.82) is 0 Å². The Bertz CT molecular complexity index is 1370. The van der Waals surface area contributed by atoms with Gasteiger partial charge in [0.1, 0.15) is 5.78 Å². The van der Waals surface area contributed by atoms with Crippen LogP contribution in [0.3, 0.4) is 0 Å². The van der Waals surface area contributed by atoms with Crippen LogP contribution in [0.15, 0.2) is 54.7 Å². The third kappa shape index (κ3) is 7.93. The number of aryl methyl sites for hydroxylation is 1. The van der Waals surface area contributed by atoms with Crippen LogP contribution in [-0.2, 0) is 26.9 Å². The van der Waals surface area contributed by atoms with Crippen LogP contribution in [-0.4, -0.2) is 34.4 Å². The second-order valence-corrected chi connectivity index (χ2v) is 10.9. The smallest absolute Gasteiger partial charge is 0.435 e. The van der Waals surface area contributed by atoms with Gasteiger partial charge in [-0.15, -0.1) is 0 Å². The predicted molar refractivity (Wildman–Crippen MR) is 148 cm³/mol. The molecule has 1 aliphatic carbocycles. The maximum Gasteiger partial charge on any atom is 0.435 e. The minimum Gasteiger partial charge on any atom is -0.469 e. The van der Waals surface area contributed by atoms with Gasteiger partial charge in [0.25, 0.3) is 0 Å². The number of aromatic nitrogens is 2. The van der Waals surface area contributed by atoms with E-state index < -0.39 is 23.2 Å². The monoisotopic (exact) mass is 568 g/mol. The highest BCUT2D eigenvalue weighted by Crippen LogP contribution is 2.37. The number of alkyl halides is 3. The Hall–Kier alpha value is -3.75. The SMILES string of the molecule is COC(=O)CC1CCC(c2ccc(CC(=O)CCCC(=O)c3cn(-c4ccccc4C)nc3C(F)(F)F)cc2)CC1. The molecule has 6 nitrogen and oxygen atoms in total. The van der Waals surface area contributed by atoms with Crippen LogP contribution in [0.1, 0.15) is 90.0 Å². The molecule has 0 spiro atoms. The van der Waals surface area contributed by atoms with E-state index >= 15 is 0 Å². The topological polar surface area (TPSA) is 78.3 Å². The molecule has 2 aromatic carbocycles. The molecule has 1 aromatic heterocycles. The summed E-state index contributed by atoms with van der Waals surface area (Å²) in [6, 6.07) is 14.8. The number of hydrogen-bond acceptors (Lipinski definition) is 5. The van der Waals surface area contributed by atoms with Crippen LogP contribution in [0.5, 0.6) is 0 Å². The number of ether oxygens (including phenoxy) is 1. The van der Waals surface area contributed by atoms with Crippen LogP contribution in [0.25, 0.3) is 5.69 Å². The Morgan fingerprint density at radius 2 is 1.66 bits per heavy atom. The zero-order chi connectivity index (χ0) is 29.6. The Morgan fingerprint density at radius 1 is 0.976 bits per heavy atom. The lowest BCUT2D eigenvalue weighted by Crippen LogP contribution is -2.17. The van der Waals surface area contributed by atoms with Gasteiger partial charge >= 0.3 is 12.1 Å². The van der Waals surface area contributed by atoms with Gasteiger partial charge in [-0.2, -0.15) is 18.3 Å². The molecule has 0 saturated heterocycles. The molecule has 0 atom stereocenters. The van der Waals surface area contributed by atoms with Gasteiger partial charge in [0.2, 0.25) is 0 Å². The van der Waals surface area contributed by atoms with Crippen LogP contribution in [0.2, 0.25) is 0 Å². The first-order chi connectivity index (χ1) is 19.5. The number of halogens is 3. The summed E-state index contributed by atoms with van der Waals surface area (Å²) in [4.78, 5) is 36.9. The second kappa shape index (κ2) is 13.3. The number of Topliss-reactive ketones (excluding diaryl/α,β-unsaturated/α-hetero) is 2. The van der Waals surface area contributed by atoms with E-state index in [-0.39, 0.29) is 37.4 Å². The molecule has 1 fully saturated rings. The van der Waals surface area contributed by atoms with E-state index in [1.165, 1.54) is 12.7 Å². The Kier molecular flexibility index (Phi) is 9.78. The lowest BCUT2D eigenvalue weighted by atomic mass is 9.77. The largest absolute Gasteiger partial charge is 0.469 e. The number of ketones is 2. The number of rotatable bonds is 11. The summed E-state index contributed by atoms with van der Waals surface area (Å²) in [5, 5.41) is 3.68. The van der Waals surface area contributed by atoms with E-state index in [1.807, 2.05) is 24.3 Å². The molecule has 0 N–H and O–H groups in total. The maximum absolute atomic E-state index is 13.7.